The molecule has 0 aliphatic heterocycles. The van der Waals surface area contributed by atoms with Crippen molar-refractivity contribution in [1.29, 1.82) is 0 Å². The summed E-state index contributed by atoms with van der Waals surface area (Å²) in [7, 11) is 5.08. The van der Waals surface area contributed by atoms with E-state index in [-0.39, 0.29) is 30.6 Å². The quantitative estimate of drug-likeness (QED) is 0.0754. The molecule has 7 rings (SSSR count). The Morgan fingerprint density at radius 1 is 0.577 bits per heavy atom. The van der Waals surface area contributed by atoms with E-state index in [4.69, 9.17) is 4.74 Å². The largest absolute Gasteiger partial charge is 0.376 e. The van der Waals surface area contributed by atoms with Crippen LogP contribution < -0.4 is 26.5 Å². The molecule has 2 aliphatic carbocycles. The normalized spacial score (nSPS) is 19.3. The summed E-state index contributed by atoms with van der Waals surface area (Å²) >= 11 is 0. The second-order valence-corrected chi connectivity index (χ2v) is 18.7. The van der Waals surface area contributed by atoms with E-state index in [2.05, 4.69) is 172 Å². The van der Waals surface area contributed by atoms with Gasteiger partial charge in [-0.15, -0.1) is 0 Å². The first-order chi connectivity index (χ1) is 24.6. The Kier molecular flexibility index (Phi) is 17.3. The molecule has 2 nitrogen and oxygen atoms in total. The van der Waals surface area contributed by atoms with Gasteiger partial charge in [-0.05, 0) is 93.4 Å². The maximum atomic E-state index is 6.80. The van der Waals surface area contributed by atoms with E-state index in [9.17, 15) is 0 Å². The van der Waals surface area contributed by atoms with Gasteiger partial charge in [0.15, 0.2) is 0 Å². The first-order valence-electron chi connectivity index (χ1n) is 18.7. The van der Waals surface area contributed by atoms with E-state index >= 15 is 0 Å². The summed E-state index contributed by atoms with van der Waals surface area (Å²) < 4.78 is 6.80. The zero-order chi connectivity index (χ0) is 34.7. The number of benzene rings is 5. The molecule has 0 spiro atoms. The van der Waals surface area contributed by atoms with Crippen molar-refractivity contribution in [2.24, 2.45) is 11.8 Å². The van der Waals surface area contributed by atoms with Crippen molar-refractivity contribution in [3.8, 4) is 0 Å². The van der Waals surface area contributed by atoms with Gasteiger partial charge in [0.1, 0.15) is 0 Å². The molecule has 5 atom stereocenters. The van der Waals surface area contributed by atoms with Crippen LogP contribution in [0.25, 0.3) is 0 Å². The summed E-state index contributed by atoms with van der Waals surface area (Å²) in [5.74, 6) is 0.878. The Labute approximate surface area is 328 Å². The Bertz CT molecular complexity index is 1610. The zero-order valence-electron chi connectivity index (χ0n) is 31.8. The predicted molar refractivity (Wildman–Crippen MR) is 227 cm³/mol. The molecule has 0 radical (unpaired) electrons. The summed E-state index contributed by atoms with van der Waals surface area (Å²) in [5.41, 5.74) is 1.85. The maximum Gasteiger partial charge on any atom is 0.0865 e. The molecule has 0 aromatic heterocycles. The van der Waals surface area contributed by atoms with Gasteiger partial charge in [-0.2, -0.15) is 0 Å². The maximum absolute atomic E-state index is 6.80. The van der Waals surface area contributed by atoms with Gasteiger partial charge in [-0.25, -0.2) is 0 Å². The molecule has 0 bridgehead atoms. The number of ether oxygens (including phenoxy) is 1. The molecular weight excluding hydrogens is 712 g/mol. The van der Waals surface area contributed by atoms with Gasteiger partial charge >= 0.3 is 0 Å². The number of methoxy groups -OCH3 is 1. The molecule has 2 fully saturated rings. The molecule has 276 valence electrons. The van der Waals surface area contributed by atoms with Crippen molar-refractivity contribution in [3.05, 3.63) is 159 Å². The number of rotatable bonds is 11. The Morgan fingerprint density at radius 3 is 1.40 bits per heavy atom. The van der Waals surface area contributed by atoms with Crippen molar-refractivity contribution in [2.75, 3.05) is 21.2 Å². The molecule has 5 heteroatoms. The van der Waals surface area contributed by atoms with Crippen LogP contribution in [-0.4, -0.2) is 37.8 Å². The molecule has 5 aromatic rings. The molecule has 0 amide bonds. The monoisotopic (exact) mass is 770 g/mol. The molecule has 4 unspecified atom stereocenters. The third-order valence-corrected chi connectivity index (χ3v) is 16.4. The van der Waals surface area contributed by atoms with E-state index in [1.54, 1.807) is 0 Å². The van der Waals surface area contributed by atoms with Crippen molar-refractivity contribution >= 4 is 42.4 Å². The summed E-state index contributed by atoms with van der Waals surface area (Å²) in [5, 5.41) is 7.08. The standard InChI is InChI=1S/C41H45NOP2.C5H10.CH3.Fe/c1-31(42(2)3)36-29-30-39(45(34-23-13-7-14-24-34)35-25-15-8-16-26-35)40(36)41(43-4)37-27-17-18-28-38(37)44(32-19-9-5-10-20-32)33-21-11-6-12-22-33;1-2-4-5-3-1;;/h5-28,31,36,39-41H,29-30H2,1-4H3;1-5H2;1H3;/q;;-1;/t31-,36?,39?,40?,41?;;;/m1.../s1. The third-order valence-electron chi connectivity index (χ3n) is 10.9. The summed E-state index contributed by atoms with van der Waals surface area (Å²) in [4.78, 5) is 2.42. The Balaban J connectivity index is 0.000000797. The summed E-state index contributed by atoms with van der Waals surface area (Å²) in [6, 6.07) is 54.4. The van der Waals surface area contributed by atoms with E-state index in [1.807, 2.05) is 7.11 Å². The fraction of sp³-hybridized carbons (Fsp3) is 0.340. The van der Waals surface area contributed by atoms with Crippen LogP contribution in [0.1, 0.15) is 63.5 Å². The number of hydrogen-bond donors (Lipinski definition) is 0. The van der Waals surface area contributed by atoms with Crippen LogP contribution in [0.5, 0.6) is 0 Å². The Morgan fingerprint density at radius 2 is 0.981 bits per heavy atom. The van der Waals surface area contributed by atoms with Gasteiger partial charge in [0.25, 0.3) is 0 Å². The number of nitrogens with zero attached hydrogens (tertiary/aromatic N) is 1. The fourth-order valence-electron chi connectivity index (χ4n) is 8.30. The van der Waals surface area contributed by atoms with Gasteiger partial charge in [0.05, 0.1) is 6.10 Å². The second-order valence-electron chi connectivity index (χ2n) is 14.1. The van der Waals surface area contributed by atoms with Gasteiger partial charge in [-0.1, -0.05) is 178 Å². The SMILES string of the molecule is C1CCCC1.COC(c1ccccc1P(c1ccccc1)c1ccccc1)C1C([C@@H](C)N(C)C)CCC1P(c1ccccc1)c1ccccc1.[CH3-].[Fe]. The first kappa shape index (κ1) is 42.1. The molecule has 2 aliphatic rings. The van der Waals surface area contributed by atoms with E-state index < -0.39 is 15.8 Å². The molecule has 0 saturated heterocycles. The average Bonchev–Trinajstić information content (AvgIpc) is 3.90. The van der Waals surface area contributed by atoms with Crippen LogP contribution >= 0.6 is 15.8 Å². The van der Waals surface area contributed by atoms with Crippen LogP contribution in [0.4, 0.5) is 0 Å². The van der Waals surface area contributed by atoms with Crippen LogP contribution in [0, 0.1) is 19.3 Å². The minimum absolute atomic E-state index is 0. The molecule has 0 N–H and O–H groups in total. The predicted octanol–water partition coefficient (Wildman–Crippen LogP) is 10.0. The van der Waals surface area contributed by atoms with Crippen LogP contribution in [0.15, 0.2) is 146 Å². The van der Waals surface area contributed by atoms with Crippen molar-refractivity contribution in [1.82, 2.24) is 4.90 Å². The second kappa shape index (κ2) is 21.3. The third kappa shape index (κ3) is 10.1. The fourth-order valence-corrected chi connectivity index (χ4v) is 14.0. The minimum atomic E-state index is -0.764. The van der Waals surface area contributed by atoms with E-state index in [0.29, 0.717) is 23.5 Å². The van der Waals surface area contributed by atoms with Crippen molar-refractivity contribution in [2.45, 2.75) is 69.7 Å². The van der Waals surface area contributed by atoms with E-state index in [1.165, 1.54) is 77.0 Å². The average molecular weight is 771 g/mol. The smallest absolute Gasteiger partial charge is 0.0865 e. The minimum Gasteiger partial charge on any atom is -0.376 e. The molecule has 52 heavy (non-hydrogen) atoms. The Hall–Kier alpha value is -2.60. The zero-order valence-corrected chi connectivity index (χ0v) is 34.7. The molecule has 0 heterocycles. The topological polar surface area (TPSA) is 12.5 Å². The first-order valence-corrected chi connectivity index (χ1v) is 21.4. The van der Waals surface area contributed by atoms with Crippen LogP contribution in [-0.2, 0) is 21.8 Å². The van der Waals surface area contributed by atoms with Gasteiger partial charge < -0.3 is 17.1 Å². The number of hydrogen-bond acceptors (Lipinski definition) is 2. The molecule has 2 saturated carbocycles. The van der Waals surface area contributed by atoms with Gasteiger partial charge in [0, 0.05) is 36.1 Å². The van der Waals surface area contributed by atoms with E-state index in [0.717, 1.165) is 0 Å². The van der Waals surface area contributed by atoms with Crippen LogP contribution in [0.2, 0.25) is 0 Å². The van der Waals surface area contributed by atoms with Crippen molar-refractivity contribution in [3.63, 3.8) is 0 Å². The van der Waals surface area contributed by atoms with Gasteiger partial charge in [-0.3, -0.25) is 0 Å². The molecule has 5 aromatic carbocycles. The van der Waals surface area contributed by atoms with Crippen LogP contribution in [0.3, 0.4) is 0 Å². The van der Waals surface area contributed by atoms with Crippen molar-refractivity contribution < 1.29 is 21.8 Å². The molecular formula is C47H58FeNOP2-. The summed E-state index contributed by atoms with van der Waals surface area (Å²) in [6.45, 7) is 2.42. The summed E-state index contributed by atoms with van der Waals surface area (Å²) in [6.07, 6.45) is 9.90. The van der Waals surface area contributed by atoms with Gasteiger partial charge in [0.2, 0.25) is 0 Å².